The van der Waals surface area contributed by atoms with Gasteiger partial charge >= 0.3 is 0 Å². The molecule has 0 N–H and O–H groups in total. The van der Waals surface area contributed by atoms with Crippen LogP contribution < -0.4 is 0 Å². The highest BCUT2D eigenvalue weighted by molar-refractivity contribution is 9.10. The van der Waals surface area contributed by atoms with E-state index in [0.717, 1.165) is 41.6 Å². The smallest absolute Gasteiger partial charge is 0.151 e. The first-order chi connectivity index (χ1) is 13.7. The molecule has 0 aliphatic rings. The zero-order chi connectivity index (χ0) is 19.1. The van der Waals surface area contributed by atoms with E-state index in [9.17, 15) is 4.21 Å². The second-order valence-corrected chi connectivity index (χ2v) is 8.85. The van der Waals surface area contributed by atoms with Crippen molar-refractivity contribution in [2.24, 2.45) is 0 Å². The van der Waals surface area contributed by atoms with E-state index in [4.69, 9.17) is 4.42 Å². The lowest BCUT2D eigenvalue weighted by Crippen LogP contribution is -1.94. The summed E-state index contributed by atoms with van der Waals surface area (Å²) in [6, 6.07) is 29.5. The fourth-order valence-corrected chi connectivity index (χ4v) is 5.23. The van der Waals surface area contributed by atoms with Crippen LogP contribution in [-0.2, 0) is 10.8 Å². The lowest BCUT2D eigenvalue weighted by molar-refractivity contribution is 0.622. The van der Waals surface area contributed by atoms with Crippen molar-refractivity contribution >= 4 is 48.5 Å². The van der Waals surface area contributed by atoms with E-state index in [1.807, 2.05) is 78.9 Å². The number of fused-ring (bicyclic) bond motifs is 3. The highest BCUT2D eigenvalue weighted by Gasteiger charge is 2.23. The first kappa shape index (κ1) is 17.4. The quantitative estimate of drug-likeness (QED) is 0.293. The normalized spacial score (nSPS) is 12.5. The summed E-state index contributed by atoms with van der Waals surface area (Å²) < 4.78 is 20.9. The monoisotopic (exact) mass is 446 g/mol. The van der Waals surface area contributed by atoms with Crippen LogP contribution in [0.2, 0.25) is 0 Å². The van der Waals surface area contributed by atoms with Crippen LogP contribution in [0.25, 0.3) is 33.1 Å². The molecule has 1 heterocycles. The molecule has 4 heteroatoms. The van der Waals surface area contributed by atoms with E-state index >= 15 is 0 Å². The molecule has 0 saturated heterocycles. The van der Waals surface area contributed by atoms with Gasteiger partial charge in [-0.1, -0.05) is 76.6 Å². The molecule has 5 rings (SSSR count). The molecule has 28 heavy (non-hydrogen) atoms. The Hall–Kier alpha value is -2.69. The second-order valence-electron chi connectivity index (χ2n) is 6.51. The van der Waals surface area contributed by atoms with Crippen LogP contribution in [0.5, 0.6) is 0 Å². The Labute approximate surface area is 173 Å². The Kier molecular flexibility index (Phi) is 4.38. The minimum Gasteiger partial charge on any atom is -0.455 e. The highest BCUT2D eigenvalue weighted by Crippen LogP contribution is 2.41. The van der Waals surface area contributed by atoms with Gasteiger partial charge < -0.3 is 4.42 Å². The third kappa shape index (κ3) is 2.89. The molecule has 0 spiro atoms. The molecule has 0 fully saturated rings. The van der Waals surface area contributed by atoms with E-state index in [-0.39, 0.29) is 0 Å². The lowest BCUT2D eigenvalue weighted by atomic mass is 10.1. The number of rotatable bonds is 3. The van der Waals surface area contributed by atoms with Crippen molar-refractivity contribution in [1.82, 2.24) is 0 Å². The van der Waals surface area contributed by atoms with Gasteiger partial charge in [-0.25, -0.2) is 4.21 Å². The van der Waals surface area contributed by atoms with Gasteiger partial charge in [-0.3, -0.25) is 0 Å². The molecule has 2 nitrogen and oxygen atoms in total. The van der Waals surface area contributed by atoms with Gasteiger partial charge in [-0.15, -0.1) is 0 Å². The molecule has 0 bridgehead atoms. The fraction of sp³-hybridized carbons (Fsp3) is 0. The molecule has 0 saturated carbocycles. The van der Waals surface area contributed by atoms with E-state index in [1.54, 1.807) is 0 Å². The second kappa shape index (κ2) is 7.04. The number of benzene rings is 4. The summed E-state index contributed by atoms with van der Waals surface area (Å²) in [6.07, 6.45) is 0. The fourth-order valence-electron chi connectivity index (χ4n) is 3.49. The van der Waals surface area contributed by atoms with E-state index in [0.29, 0.717) is 5.76 Å². The van der Waals surface area contributed by atoms with Crippen LogP contribution in [0.1, 0.15) is 0 Å². The maximum absolute atomic E-state index is 13.7. The number of halogens is 1. The van der Waals surface area contributed by atoms with Crippen molar-refractivity contribution in [3.8, 4) is 11.3 Å². The van der Waals surface area contributed by atoms with E-state index in [1.165, 1.54) is 0 Å². The van der Waals surface area contributed by atoms with Gasteiger partial charge in [0.1, 0.15) is 5.58 Å². The third-order valence-electron chi connectivity index (χ3n) is 4.77. The number of furan rings is 1. The molecule has 4 aromatic carbocycles. The van der Waals surface area contributed by atoms with Crippen LogP contribution in [-0.4, -0.2) is 4.21 Å². The lowest BCUT2D eigenvalue weighted by Gasteiger charge is -2.06. The van der Waals surface area contributed by atoms with E-state index < -0.39 is 10.8 Å². The predicted octanol–water partition coefficient (Wildman–Crippen LogP) is 7.18. The average Bonchev–Trinajstić information content (AvgIpc) is 3.14. The summed E-state index contributed by atoms with van der Waals surface area (Å²) in [5.41, 5.74) is 1.66. The maximum atomic E-state index is 13.7. The largest absolute Gasteiger partial charge is 0.455 e. The molecule has 0 amide bonds. The Morgan fingerprint density at radius 3 is 2.25 bits per heavy atom. The molecule has 0 aliphatic carbocycles. The third-order valence-corrected chi connectivity index (χ3v) is 6.72. The van der Waals surface area contributed by atoms with Gasteiger partial charge in [0.25, 0.3) is 0 Å². The van der Waals surface area contributed by atoms with Gasteiger partial charge in [-0.05, 0) is 41.1 Å². The van der Waals surface area contributed by atoms with Crippen molar-refractivity contribution in [3.05, 3.63) is 95.5 Å². The Morgan fingerprint density at radius 2 is 1.50 bits per heavy atom. The van der Waals surface area contributed by atoms with Crippen molar-refractivity contribution in [3.63, 3.8) is 0 Å². The Morgan fingerprint density at radius 1 is 0.786 bits per heavy atom. The van der Waals surface area contributed by atoms with Gasteiger partial charge in [0, 0.05) is 20.3 Å². The minimum absolute atomic E-state index is 0.660. The van der Waals surface area contributed by atoms with Crippen molar-refractivity contribution < 1.29 is 8.63 Å². The summed E-state index contributed by atoms with van der Waals surface area (Å²) >= 11 is 3.54. The van der Waals surface area contributed by atoms with E-state index in [2.05, 4.69) is 28.1 Å². The highest BCUT2D eigenvalue weighted by atomic mass is 79.9. The van der Waals surface area contributed by atoms with Crippen LogP contribution in [0, 0.1) is 0 Å². The first-order valence-electron chi connectivity index (χ1n) is 8.89. The van der Waals surface area contributed by atoms with Gasteiger partial charge in [-0.2, -0.15) is 0 Å². The van der Waals surface area contributed by atoms with Crippen LogP contribution in [0.4, 0.5) is 0 Å². The Balaban J connectivity index is 1.89. The van der Waals surface area contributed by atoms with Crippen LogP contribution in [0.15, 0.2) is 110 Å². The SMILES string of the molecule is O=[S@](c1ccccc1)c1c(-c2ccccc2)oc2ccc3cc(Br)ccc3c12. The summed E-state index contributed by atoms with van der Waals surface area (Å²) in [4.78, 5) is 1.48. The van der Waals surface area contributed by atoms with Crippen molar-refractivity contribution in [1.29, 1.82) is 0 Å². The van der Waals surface area contributed by atoms with Gasteiger partial charge in [0.05, 0.1) is 15.7 Å². The van der Waals surface area contributed by atoms with Crippen molar-refractivity contribution in [2.45, 2.75) is 9.79 Å². The first-order valence-corrected chi connectivity index (χ1v) is 10.8. The molecular formula is C24H15BrO2S. The average molecular weight is 447 g/mol. The maximum Gasteiger partial charge on any atom is 0.151 e. The van der Waals surface area contributed by atoms with Crippen molar-refractivity contribution in [2.75, 3.05) is 0 Å². The van der Waals surface area contributed by atoms with Crippen LogP contribution in [0.3, 0.4) is 0 Å². The number of hydrogen-bond acceptors (Lipinski definition) is 2. The summed E-state index contributed by atoms with van der Waals surface area (Å²) in [6.45, 7) is 0. The molecule has 0 radical (unpaired) electrons. The molecule has 1 aromatic heterocycles. The zero-order valence-corrected chi connectivity index (χ0v) is 17.2. The van der Waals surface area contributed by atoms with Gasteiger partial charge in [0.2, 0.25) is 0 Å². The molecule has 0 unspecified atom stereocenters. The minimum atomic E-state index is -1.37. The molecule has 0 aliphatic heterocycles. The number of hydrogen-bond donors (Lipinski definition) is 0. The summed E-state index contributed by atoms with van der Waals surface area (Å²) in [7, 11) is -1.37. The molecule has 5 aromatic rings. The predicted molar refractivity (Wildman–Crippen MR) is 118 cm³/mol. The standard InChI is InChI=1S/C24H15BrO2S/c25-18-12-13-20-17(15-18)11-14-21-22(20)24(28(26)19-9-5-2-6-10-19)23(27-21)16-7-3-1-4-8-16/h1-15H/t28-/m1/s1. The summed E-state index contributed by atoms with van der Waals surface area (Å²) in [5, 5.41) is 3.02. The van der Waals surface area contributed by atoms with Gasteiger partial charge in [0.15, 0.2) is 5.76 Å². The molecule has 1 atom stereocenters. The Bertz CT molecular complexity index is 1320. The van der Waals surface area contributed by atoms with Crippen LogP contribution >= 0.6 is 15.9 Å². The summed E-state index contributed by atoms with van der Waals surface area (Å²) in [5.74, 6) is 0.660. The molecular weight excluding hydrogens is 432 g/mol. The molecule has 136 valence electrons. The zero-order valence-electron chi connectivity index (χ0n) is 14.8. The topological polar surface area (TPSA) is 30.2 Å².